The number of carboxylic acid groups (broad SMARTS) is 1. The lowest BCUT2D eigenvalue weighted by atomic mass is 9.90. The Hall–Kier alpha value is -3.40. The van der Waals surface area contributed by atoms with Gasteiger partial charge in [-0.1, -0.05) is 36.4 Å². The Kier molecular flexibility index (Phi) is 4.93. The first kappa shape index (κ1) is 18.9. The molecule has 0 amide bonds. The maximum Gasteiger partial charge on any atom is 0.203 e. The maximum atomic E-state index is 11.8. The molecule has 2 aliphatic rings. The number of rotatable bonds is 4. The Bertz CT molecular complexity index is 1260. The molecule has 0 radical (unpaired) electrons. The number of hydrogen-bond donors (Lipinski definition) is 0. The zero-order valence-electron chi connectivity index (χ0n) is 16.9. The van der Waals surface area contributed by atoms with Gasteiger partial charge in [0.05, 0.1) is 12.0 Å². The molecule has 0 bridgehead atoms. The lowest BCUT2D eigenvalue weighted by Crippen LogP contribution is -2.29. The molecule has 2 aromatic rings. The van der Waals surface area contributed by atoms with Crippen LogP contribution in [0.25, 0.3) is 33.4 Å². The summed E-state index contributed by atoms with van der Waals surface area (Å²) in [4.78, 5) is 11.8. The van der Waals surface area contributed by atoms with E-state index in [0.29, 0.717) is 5.56 Å². The average molecular weight is 385 g/mol. The summed E-state index contributed by atoms with van der Waals surface area (Å²) in [6.45, 7) is 8.05. The third-order valence-corrected chi connectivity index (χ3v) is 5.41. The van der Waals surface area contributed by atoms with Gasteiger partial charge in [0.15, 0.2) is 0 Å². The monoisotopic (exact) mass is 385 g/mol. The molecular formula is C25H23NO3. The first-order valence-electron chi connectivity index (χ1n) is 9.89. The molecule has 4 rings (SSSR count). The lowest BCUT2D eigenvalue weighted by molar-refractivity contribution is -0.254. The van der Waals surface area contributed by atoms with Crippen molar-refractivity contribution >= 4 is 16.9 Å². The molecule has 1 aliphatic heterocycles. The predicted octanol–water partition coefficient (Wildman–Crippen LogP) is 3.69. The minimum atomic E-state index is -1.19. The van der Waals surface area contributed by atoms with E-state index in [4.69, 9.17) is 4.42 Å². The van der Waals surface area contributed by atoms with Crippen molar-refractivity contribution in [2.45, 2.75) is 20.8 Å². The van der Waals surface area contributed by atoms with Crippen molar-refractivity contribution in [3.8, 4) is 22.5 Å². The maximum absolute atomic E-state index is 11.8. The van der Waals surface area contributed by atoms with Crippen molar-refractivity contribution in [1.29, 1.82) is 0 Å². The topological polar surface area (TPSA) is 56.3 Å². The average Bonchev–Trinajstić information content (AvgIpc) is 2.72. The van der Waals surface area contributed by atoms with Crippen LogP contribution in [0.4, 0.5) is 0 Å². The summed E-state index contributed by atoms with van der Waals surface area (Å²) in [6.07, 6.45) is 0. The Labute approximate surface area is 169 Å². The molecule has 0 atom stereocenters. The van der Waals surface area contributed by atoms with Gasteiger partial charge in [0.2, 0.25) is 5.36 Å². The van der Waals surface area contributed by atoms with E-state index in [1.807, 2.05) is 49.4 Å². The highest BCUT2D eigenvalue weighted by molar-refractivity contribution is 6.07. The summed E-state index contributed by atoms with van der Waals surface area (Å²) in [7, 11) is 0. The Morgan fingerprint density at radius 3 is 2.45 bits per heavy atom. The van der Waals surface area contributed by atoms with Gasteiger partial charge in [-0.3, -0.25) is 0 Å². The molecule has 146 valence electrons. The van der Waals surface area contributed by atoms with Gasteiger partial charge in [-0.15, -0.1) is 0 Å². The first-order chi connectivity index (χ1) is 14.0. The van der Waals surface area contributed by atoms with Crippen molar-refractivity contribution in [2.24, 2.45) is 0 Å². The summed E-state index contributed by atoms with van der Waals surface area (Å²) in [6, 6.07) is 19.1. The molecule has 0 fully saturated rings. The van der Waals surface area contributed by atoms with Gasteiger partial charge in [-0.05, 0) is 44.0 Å². The van der Waals surface area contributed by atoms with Gasteiger partial charge in [-0.25, -0.2) is 4.58 Å². The van der Waals surface area contributed by atoms with Crippen LogP contribution < -0.4 is 15.0 Å². The molecule has 0 unspecified atom stereocenters. The third-order valence-electron chi connectivity index (χ3n) is 5.41. The number of nitrogens with zero attached hydrogens (tertiary/aromatic N) is 1. The SMILES string of the molecule is CC[N+](CC)=c1ccc2c(-c3ccccc3C(=O)[O-])c3ccc(C)cc3oc-2c1. The minimum Gasteiger partial charge on any atom is -0.545 e. The van der Waals surface area contributed by atoms with Gasteiger partial charge in [0.25, 0.3) is 0 Å². The van der Waals surface area contributed by atoms with E-state index in [1.54, 1.807) is 12.1 Å². The summed E-state index contributed by atoms with van der Waals surface area (Å²) < 4.78 is 8.53. The van der Waals surface area contributed by atoms with Crippen LogP contribution in [-0.4, -0.2) is 19.1 Å². The van der Waals surface area contributed by atoms with Crippen LogP contribution in [0.5, 0.6) is 0 Å². The normalized spacial score (nSPS) is 11.1. The standard InChI is InChI=1S/C25H23NO3/c1-4-26(5-2)17-11-13-21-23(15-17)29-22-14-16(3)10-12-20(22)24(21)18-8-6-7-9-19(18)25(27)28/h6-15H,4-5H2,1-3H3. The molecule has 4 nitrogen and oxygen atoms in total. The number of benzene rings is 3. The van der Waals surface area contributed by atoms with Gasteiger partial charge >= 0.3 is 0 Å². The zero-order valence-corrected chi connectivity index (χ0v) is 16.9. The van der Waals surface area contributed by atoms with Crippen molar-refractivity contribution in [3.05, 3.63) is 77.1 Å². The second-order valence-corrected chi connectivity index (χ2v) is 7.16. The minimum absolute atomic E-state index is 0.176. The smallest absolute Gasteiger partial charge is 0.203 e. The van der Waals surface area contributed by atoms with Gasteiger partial charge in [0, 0.05) is 28.1 Å². The highest BCUT2D eigenvalue weighted by Crippen LogP contribution is 2.41. The zero-order chi connectivity index (χ0) is 20.5. The summed E-state index contributed by atoms with van der Waals surface area (Å²) in [5.41, 5.74) is 4.36. The third kappa shape index (κ3) is 3.31. The molecule has 2 aromatic carbocycles. The van der Waals surface area contributed by atoms with Crippen molar-refractivity contribution < 1.29 is 14.3 Å². The van der Waals surface area contributed by atoms with E-state index in [9.17, 15) is 9.90 Å². The summed E-state index contributed by atoms with van der Waals surface area (Å²) in [5, 5.41) is 13.8. The van der Waals surface area contributed by atoms with Crippen LogP contribution in [0.2, 0.25) is 0 Å². The van der Waals surface area contributed by atoms with Crippen LogP contribution in [0.1, 0.15) is 29.8 Å². The van der Waals surface area contributed by atoms with Crippen molar-refractivity contribution in [2.75, 3.05) is 13.1 Å². The van der Waals surface area contributed by atoms with Crippen molar-refractivity contribution in [1.82, 2.24) is 4.58 Å². The quantitative estimate of drug-likeness (QED) is 0.398. The van der Waals surface area contributed by atoms with E-state index in [1.165, 1.54) is 0 Å². The lowest BCUT2D eigenvalue weighted by Gasteiger charge is -2.18. The van der Waals surface area contributed by atoms with Gasteiger partial charge in [-0.2, -0.15) is 0 Å². The number of carbonyl (C=O) groups excluding carboxylic acids is 1. The molecule has 1 heterocycles. The molecule has 0 saturated heterocycles. The highest BCUT2D eigenvalue weighted by Gasteiger charge is 2.20. The molecule has 29 heavy (non-hydrogen) atoms. The van der Waals surface area contributed by atoms with Gasteiger partial charge < -0.3 is 14.3 Å². The molecule has 4 heteroatoms. The molecule has 0 N–H and O–H groups in total. The number of carbonyl (C=O) groups is 1. The fourth-order valence-electron chi connectivity index (χ4n) is 3.94. The van der Waals surface area contributed by atoms with Gasteiger partial charge in [0.1, 0.15) is 24.4 Å². The Morgan fingerprint density at radius 2 is 1.72 bits per heavy atom. The summed E-state index contributed by atoms with van der Waals surface area (Å²) >= 11 is 0. The van der Waals surface area contributed by atoms with E-state index < -0.39 is 5.97 Å². The molecular weight excluding hydrogens is 362 g/mol. The molecule has 0 aromatic heterocycles. The van der Waals surface area contributed by atoms with E-state index in [-0.39, 0.29) is 5.56 Å². The van der Waals surface area contributed by atoms with Crippen LogP contribution >= 0.6 is 0 Å². The van der Waals surface area contributed by atoms with E-state index in [2.05, 4.69) is 24.5 Å². The predicted molar refractivity (Wildman–Crippen MR) is 114 cm³/mol. The largest absolute Gasteiger partial charge is 0.545 e. The number of aryl methyl sites for hydroxylation is 1. The van der Waals surface area contributed by atoms with Crippen molar-refractivity contribution in [3.63, 3.8) is 0 Å². The Morgan fingerprint density at radius 1 is 0.966 bits per heavy atom. The number of fused-ring (bicyclic) bond motifs is 2. The molecule has 0 spiro atoms. The highest BCUT2D eigenvalue weighted by atomic mass is 16.4. The number of carboxylic acids is 1. The van der Waals surface area contributed by atoms with Crippen LogP contribution in [-0.2, 0) is 0 Å². The Balaban J connectivity index is 2.18. The fraction of sp³-hybridized carbons (Fsp3) is 0.200. The van der Waals surface area contributed by atoms with Crippen LogP contribution in [0.15, 0.2) is 65.1 Å². The number of hydrogen-bond acceptors (Lipinski definition) is 3. The number of aromatic carboxylic acids is 1. The van der Waals surface area contributed by atoms with E-state index >= 15 is 0 Å². The second kappa shape index (κ2) is 7.55. The fourth-order valence-corrected chi connectivity index (χ4v) is 3.94. The molecule has 0 saturated carbocycles. The summed E-state index contributed by atoms with van der Waals surface area (Å²) in [5.74, 6) is -0.454. The van der Waals surface area contributed by atoms with Crippen LogP contribution in [0.3, 0.4) is 0 Å². The molecule has 1 aliphatic carbocycles. The first-order valence-corrected chi connectivity index (χ1v) is 9.89. The second-order valence-electron chi connectivity index (χ2n) is 7.16. The van der Waals surface area contributed by atoms with E-state index in [0.717, 1.165) is 51.9 Å². The van der Waals surface area contributed by atoms with Crippen LogP contribution in [0, 0.1) is 6.92 Å².